The van der Waals surface area contributed by atoms with E-state index in [0.29, 0.717) is 0 Å². The van der Waals surface area contributed by atoms with Crippen LogP contribution in [0.2, 0.25) is 0 Å². The summed E-state index contributed by atoms with van der Waals surface area (Å²) in [7, 11) is 0. The first kappa shape index (κ1) is 11.9. The van der Waals surface area contributed by atoms with Gasteiger partial charge in [0, 0.05) is 11.1 Å². The second-order valence-electron chi connectivity index (χ2n) is 0.499. The van der Waals surface area contributed by atoms with E-state index in [1.807, 2.05) is 0 Å². The SMILES string of the molecule is ClC(Cl)Cl.ClC=CCl. The van der Waals surface area contributed by atoms with Crippen LogP contribution < -0.4 is 0 Å². The van der Waals surface area contributed by atoms with Crippen molar-refractivity contribution in [2.45, 2.75) is 4.30 Å². The fourth-order valence-electron chi connectivity index (χ4n) is 0. The summed E-state index contributed by atoms with van der Waals surface area (Å²) in [5.41, 5.74) is 2.48. The van der Waals surface area contributed by atoms with Crippen LogP contribution in [0.5, 0.6) is 0 Å². The van der Waals surface area contributed by atoms with E-state index in [2.05, 4.69) is 0 Å². The molecule has 0 aliphatic heterocycles. The van der Waals surface area contributed by atoms with Gasteiger partial charge in [-0.3, -0.25) is 0 Å². The third kappa shape index (κ3) is 57.4. The Bertz CT molecular complexity index is 42.9. The summed E-state index contributed by atoms with van der Waals surface area (Å²) in [6, 6.07) is 0. The molecule has 0 aliphatic carbocycles. The lowest BCUT2D eigenvalue weighted by molar-refractivity contribution is 1.96. The largest absolute Gasteiger partial charge is 0.180 e. The van der Waals surface area contributed by atoms with Crippen molar-refractivity contribution in [2.24, 2.45) is 0 Å². The number of hydrogen-bond donors (Lipinski definition) is 0. The maximum atomic E-state index is 4.87. The highest BCUT2D eigenvalue weighted by molar-refractivity contribution is 6.63. The molecule has 0 aromatic heterocycles. The van der Waals surface area contributed by atoms with E-state index in [4.69, 9.17) is 58.0 Å². The second kappa shape index (κ2) is 11.0. The van der Waals surface area contributed by atoms with Crippen molar-refractivity contribution in [3.63, 3.8) is 0 Å². The van der Waals surface area contributed by atoms with Gasteiger partial charge >= 0.3 is 0 Å². The minimum absolute atomic E-state index is 0.750. The summed E-state index contributed by atoms with van der Waals surface area (Å²) in [5.74, 6) is 0. The first-order valence-corrected chi connectivity index (χ1v) is 3.61. The van der Waals surface area contributed by atoms with Crippen molar-refractivity contribution < 1.29 is 0 Å². The third-order valence-corrected chi connectivity index (χ3v) is 0.429. The fourth-order valence-corrected chi connectivity index (χ4v) is 0. The van der Waals surface area contributed by atoms with Gasteiger partial charge in [0.15, 0.2) is 4.30 Å². The molecular formula is C3H3Cl5. The minimum atomic E-state index is -0.750. The summed E-state index contributed by atoms with van der Waals surface area (Å²) in [6.45, 7) is 0. The molecule has 0 saturated carbocycles. The van der Waals surface area contributed by atoms with Crippen LogP contribution in [0, 0.1) is 0 Å². The van der Waals surface area contributed by atoms with E-state index in [1.54, 1.807) is 0 Å². The zero-order valence-electron chi connectivity index (χ0n) is 3.62. The first-order valence-electron chi connectivity index (χ1n) is 1.42. The Morgan fingerprint density at radius 2 is 1.00 bits per heavy atom. The summed E-state index contributed by atoms with van der Waals surface area (Å²) in [4.78, 5) is 0. The van der Waals surface area contributed by atoms with Crippen LogP contribution in [-0.2, 0) is 0 Å². The lowest BCUT2D eigenvalue weighted by Crippen LogP contribution is -1.55. The Balaban J connectivity index is 0. The molecule has 0 bridgehead atoms. The Morgan fingerprint density at radius 1 is 0.875 bits per heavy atom. The van der Waals surface area contributed by atoms with Gasteiger partial charge in [-0.15, -0.1) is 0 Å². The molecule has 0 N–H and O–H groups in total. The van der Waals surface area contributed by atoms with Crippen molar-refractivity contribution in [2.75, 3.05) is 0 Å². The van der Waals surface area contributed by atoms with Crippen LogP contribution in [0.1, 0.15) is 0 Å². The van der Waals surface area contributed by atoms with Crippen LogP contribution in [-0.4, -0.2) is 4.30 Å². The smallest absolute Gasteiger partial charge is 0.0920 e. The van der Waals surface area contributed by atoms with E-state index in [9.17, 15) is 0 Å². The molecule has 0 saturated heterocycles. The van der Waals surface area contributed by atoms with E-state index < -0.39 is 4.30 Å². The highest BCUT2D eigenvalue weighted by Crippen LogP contribution is 2.03. The average Bonchev–Trinajstić information content (AvgIpc) is 1.65. The molecule has 5 heteroatoms. The van der Waals surface area contributed by atoms with Gasteiger partial charge in [-0.1, -0.05) is 58.0 Å². The molecule has 0 unspecified atom stereocenters. The fraction of sp³-hybridized carbons (Fsp3) is 0.333. The maximum absolute atomic E-state index is 4.87. The lowest BCUT2D eigenvalue weighted by Gasteiger charge is -1.69. The maximum Gasteiger partial charge on any atom is 0.180 e. The summed E-state index contributed by atoms with van der Waals surface area (Å²) in [6.07, 6.45) is 0. The van der Waals surface area contributed by atoms with E-state index in [-0.39, 0.29) is 0 Å². The predicted octanol–water partition coefficient (Wildman–Crippen LogP) is 3.92. The van der Waals surface area contributed by atoms with E-state index in [0.717, 1.165) is 0 Å². The Hall–Kier alpha value is 1.19. The summed E-state index contributed by atoms with van der Waals surface area (Å²) in [5, 5.41) is 0. The average molecular weight is 216 g/mol. The zero-order valence-corrected chi connectivity index (χ0v) is 7.40. The van der Waals surface area contributed by atoms with Crippen LogP contribution in [0.25, 0.3) is 0 Å². The monoisotopic (exact) mass is 214 g/mol. The highest BCUT2D eigenvalue weighted by atomic mass is 35.6. The Labute approximate surface area is 73.3 Å². The third-order valence-electron chi connectivity index (χ3n) is 0.0476. The molecule has 0 radical (unpaired) electrons. The second-order valence-corrected chi connectivity index (χ2v) is 2.98. The van der Waals surface area contributed by atoms with Gasteiger partial charge in [-0.25, -0.2) is 0 Å². The molecular weight excluding hydrogens is 213 g/mol. The molecule has 0 heterocycles. The Kier molecular flexibility index (Phi) is 16.5. The molecule has 0 aliphatic rings. The molecule has 50 valence electrons. The molecule has 0 rings (SSSR count). The number of alkyl halides is 3. The molecule has 0 aromatic rings. The molecule has 8 heavy (non-hydrogen) atoms. The van der Waals surface area contributed by atoms with Crippen molar-refractivity contribution in [1.29, 1.82) is 0 Å². The van der Waals surface area contributed by atoms with E-state index in [1.165, 1.54) is 11.1 Å². The van der Waals surface area contributed by atoms with E-state index >= 15 is 0 Å². The first-order chi connectivity index (χ1) is 3.65. The quantitative estimate of drug-likeness (QED) is 0.538. The molecule has 0 amide bonds. The summed E-state index contributed by atoms with van der Waals surface area (Å²) >= 11 is 24.2. The number of halogens is 5. The van der Waals surface area contributed by atoms with Crippen molar-refractivity contribution in [3.8, 4) is 0 Å². The normalized spacial score (nSPS) is 9.25. The summed E-state index contributed by atoms with van der Waals surface area (Å²) < 4.78 is -0.750. The van der Waals surface area contributed by atoms with Crippen molar-refractivity contribution in [1.82, 2.24) is 0 Å². The molecule has 0 fully saturated rings. The van der Waals surface area contributed by atoms with Gasteiger partial charge in [0.25, 0.3) is 0 Å². The molecule has 0 aromatic carbocycles. The van der Waals surface area contributed by atoms with Crippen LogP contribution in [0.3, 0.4) is 0 Å². The molecule has 0 spiro atoms. The van der Waals surface area contributed by atoms with Crippen molar-refractivity contribution in [3.05, 3.63) is 11.1 Å². The van der Waals surface area contributed by atoms with Crippen LogP contribution >= 0.6 is 58.0 Å². The minimum Gasteiger partial charge on any atom is -0.0920 e. The van der Waals surface area contributed by atoms with Gasteiger partial charge in [0.05, 0.1) is 0 Å². The van der Waals surface area contributed by atoms with Gasteiger partial charge in [0.2, 0.25) is 0 Å². The molecule has 0 atom stereocenters. The van der Waals surface area contributed by atoms with Crippen LogP contribution in [0.15, 0.2) is 11.1 Å². The van der Waals surface area contributed by atoms with Crippen LogP contribution in [0.4, 0.5) is 0 Å². The highest BCUT2D eigenvalue weighted by Gasteiger charge is 1.78. The van der Waals surface area contributed by atoms with Gasteiger partial charge in [0.1, 0.15) is 0 Å². The Morgan fingerprint density at radius 3 is 1.00 bits per heavy atom. The van der Waals surface area contributed by atoms with Gasteiger partial charge < -0.3 is 0 Å². The van der Waals surface area contributed by atoms with Gasteiger partial charge in [-0.05, 0) is 0 Å². The topological polar surface area (TPSA) is 0 Å². The number of rotatable bonds is 0. The lowest BCUT2D eigenvalue weighted by atomic mass is 11.3. The zero-order chi connectivity index (χ0) is 6.99. The number of hydrogen-bond acceptors (Lipinski definition) is 0. The van der Waals surface area contributed by atoms with Gasteiger partial charge in [-0.2, -0.15) is 0 Å². The standard InChI is InChI=1S/C2H2Cl2.CHCl3/c3-1-2-4;2-1(3)4/h1-2H;1H. The molecule has 0 nitrogen and oxygen atoms in total. The van der Waals surface area contributed by atoms with Crippen molar-refractivity contribution >= 4 is 58.0 Å². The predicted molar refractivity (Wildman–Crippen MR) is 42.2 cm³/mol.